The van der Waals surface area contributed by atoms with Crippen LogP contribution in [0.5, 0.6) is 0 Å². The fourth-order valence-electron chi connectivity index (χ4n) is 1.44. The summed E-state index contributed by atoms with van der Waals surface area (Å²) in [6.45, 7) is 5.02. The number of rotatable bonds is 5. The molecule has 0 bridgehead atoms. The van der Waals surface area contributed by atoms with Crippen LogP contribution in [0.2, 0.25) is 0 Å². The van der Waals surface area contributed by atoms with E-state index in [-0.39, 0.29) is 25.6 Å². The summed E-state index contributed by atoms with van der Waals surface area (Å²) >= 11 is 0. The first kappa shape index (κ1) is 15.9. The average Bonchev–Trinajstić information content (AvgIpc) is 2.68. The first-order chi connectivity index (χ1) is 9.23. The third-order valence-corrected chi connectivity index (χ3v) is 2.12. The number of aromatic nitrogens is 2. The second-order valence-electron chi connectivity index (χ2n) is 5.06. The van der Waals surface area contributed by atoms with Crippen LogP contribution in [0.1, 0.15) is 26.5 Å². The maximum Gasteiger partial charge on any atom is 0.434 e. The molecule has 0 atom stereocenters. The molecule has 0 spiro atoms. The molecule has 1 rings (SSSR count). The van der Waals surface area contributed by atoms with Gasteiger partial charge in [-0.25, -0.2) is 9.36 Å². The van der Waals surface area contributed by atoms with E-state index in [2.05, 4.69) is 10.3 Å². The molecule has 1 heterocycles. The second kappa shape index (κ2) is 6.33. The summed E-state index contributed by atoms with van der Waals surface area (Å²) in [5.41, 5.74) is -0.303. The molecule has 0 saturated heterocycles. The largest absolute Gasteiger partial charge is 0.444 e. The van der Waals surface area contributed by atoms with Crippen molar-refractivity contribution < 1.29 is 19.6 Å². The first-order valence-corrected chi connectivity index (χ1v) is 6.01. The second-order valence-corrected chi connectivity index (χ2v) is 5.06. The van der Waals surface area contributed by atoms with Crippen LogP contribution in [-0.2, 0) is 17.8 Å². The van der Waals surface area contributed by atoms with Crippen LogP contribution < -0.4 is 5.32 Å². The van der Waals surface area contributed by atoms with Crippen molar-refractivity contribution in [2.45, 2.75) is 39.5 Å². The van der Waals surface area contributed by atoms with Crippen LogP contribution >= 0.6 is 0 Å². The van der Waals surface area contributed by atoms with Gasteiger partial charge in [-0.3, -0.25) is 0 Å². The summed E-state index contributed by atoms with van der Waals surface area (Å²) in [6.07, 6.45) is 0.781. The minimum absolute atomic E-state index is 0.00812. The van der Waals surface area contributed by atoms with Crippen LogP contribution in [0.25, 0.3) is 0 Å². The summed E-state index contributed by atoms with van der Waals surface area (Å²) in [6, 6.07) is 0. The minimum atomic E-state index is -0.646. The van der Waals surface area contributed by atoms with E-state index in [4.69, 9.17) is 9.84 Å². The molecule has 0 aromatic carbocycles. The van der Waals surface area contributed by atoms with Crippen LogP contribution in [-0.4, -0.2) is 37.9 Å². The fourth-order valence-corrected chi connectivity index (χ4v) is 1.44. The minimum Gasteiger partial charge on any atom is -0.444 e. The molecular formula is C11H18N4O5. The fraction of sp³-hybridized carbons (Fsp3) is 0.636. The lowest BCUT2D eigenvalue weighted by Crippen LogP contribution is -2.32. The van der Waals surface area contributed by atoms with Crippen molar-refractivity contribution in [3.05, 3.63) is 22.0 Å². The van der Waals surface area contributed by atoms with Gasteiger partial charge in [0.1, 0.15) is 11.8 Å². The number of aliphatic hydroxyl groups is 1. The number of aliphatic hydroxyl groups excluding tert-OH is 1. The monoisotopic (exact) mass is 286 g/mol. The van der Waals surface area contributed by atoms with E-state index in [9.17, 15) is 14.9 Å². The molecule has 9 nitrogen and oxygen atoms in total. The van der Waals surface area contributed by atoms with Gasteiger partial charge in [0.25, 0.3) is 0 Å². The van der Waals surface area contributed by atoms with Crippen molar-refractivity contribution >= 4 is 12.0 Å². The number of imidazole rings is 1. The van der Waals surface area contributed by atoms with Crippen molar-refractivity contribution in [2.24, 2.45) is 0 Å². The lowest BCUT2D eigenvalue weighted by atomic mass is 10.2. The molecule has 0 radical (unpaired) electrons. The number of hydrogen-bond acceptors (Lipinski definition) is 6. The van der Waals surface area contributed by atoms with E-state index in [1.807, 2.05) is 0 Å². The predicted octanol–water partition coefficient (Wildman–Crippen LogP) is 0.808. The lowest BCUT2D eigenvalue weighted by Gasteiger charge is -2.19. The molecule has 2 N–H and O–H groups in total. The first-order valence-electron chi connectivity index (χ1n) is 6.01. The van der Waals surface area contributed by atoms with Gasteiger partial charge in [0.05, 0.1) is 19.7 Å². The number of hydrogen-bond donors (Lipinski definition) is 2. The summed E-state index contributed by atoms with van der Waals surface area (Å²) in [7, 11) is 0. The Morgan fingerprint density at radius 2 is 2.25 bits per heavy atom. The molecule has 0 aliphatic carbocycles. The summed E-state index contributed by atoms with van der Waals surface area (Å²) < 4.78 is 6.25. The van der Waals surface area contributed by atoms with E-state index in [1.54, 1.807) is 20.8 Å². The Hall–Kier alpha value is -2.16. The molecule has 9 heteroatoms. The standard InChI is InChI=1S/C11H18N4O5/c1-11(2,3)20-10(17)12-6-8-7-14(4-5-16)9(13-8)15(18)19/h7,16H,4-6H2,1-3H3,(H,12,17). The average molecular weight is 286 g/mol. The Kier molecular flexibility index (Phi) is 5.03. The van der Waals surface area contributed by atoms with E-state index in [0.717, 1.165) is 0 Å². The molecule has 1 aromatic heterocycles. The van der Waals surface area contributed by atoms with Gasteiger partial charge in [0.15, 0.2) is 5.69 Å². The number of carbonyl (C=O) groups excluding carboxylic acids is 1. The molecule has 0 fully saturated rings. The van der Waals surface area contributed by atoms with E-state index >= 15 is 0 Å². The molecule has 0 aliphatic rings. The number of amides is 1. The predicted molar refractivity (Wildman–Crippen MR) is 69.0 cm³/mol. The third kappa shape index (κ3) is 4.84. The Balaban J connectivity index is 2.67. The number of alkyl carbamates (subject to hydrolysis) is 1. The highest BCUT2D eigenvalue weighted by molar-refractivity contribution is 5.67. The normalized spacial score (nSPS) is 11.2. The third-order valence-electron chi connectivity index (χ3n) is 2.12. The van der Waals surface area contributed by atoms with Crippen LogP contribution in [0.4, 0.5) is 10.7 Å². The van der Waals surface area contributed by atoms with E-state index in [1.165, 1.54) is 10.8 Å². The maximum atomic E-state index is 11.4. The molecule has 1 amide bonds. The van der Waals surface area contributed by atoms with Gasteiger partial charge in [-0.15, -0.1) is 0 Å². The number of ether oxygens (including phenoxy) is 1. The number of nitrogens with zero attached hydrogens (tertiary/aromatic N) is 3. The highest BCUT2D eigenvalue weighted by Crippen LogP contribution is 2.12. The van der Waals surface area contributed by atoms with Gasteiger partial charge in [0.2, 0.25) is 0 Å². The number of nitrogens with one attached hydrogen (secondary N) is 1. The Labute approximate surface area is 115 Å². The molecule has 20 heavy (non-hydrogen) atoms. The quantitative estimate of drug-likeness (QED) is 0.610. The zero-order chi connectivity index (χ0) is 15.3. The Morgan fingerprint density at radius 3 is 2.75 bits per heavy atom. The smallest absolute Gasteiger partial charge is 0.434 e. The van der Waals surface area contributed by atoms with E-state index in [0.29, 0.717) is 5.69 Å². The zero-order valence-corrected chi connectivity index (χ0v) is 11.6. The van der Waals surface area contributed by atoms with Gasteiger partial charge in [0, 0.05) is 0 Å². The van der Waals surface area contributed by atoms with Crippen LogP contribution in [0.3, 0.4) is 0 Å². The van der Waals surface area contributed by atoms with Crippen molar-refractivity contribution in [1.29, 1.82) is 0 Å². The highest BCUT2D eigenvalue weighted by atomic mass is 16.6. The lowest BCUT2D eigenvalue weighted by molar-refractivity contribution is -0.396. The number of carbonyl (C=O) groups is 1. The van der Waals surface area contributed by atoms with Gasteiger partial charge in [-0.2, -0.15) is 0 Å². The summed E-state index contributed by atoms with van der Waals surface area (Å²) in [5, 5.41) is 22.0. The van der Waals surface area contributed by atoms with Crippen molar-refractivity contribution in [1.82, 2.24) is 14.9 Å². The SMILES string of the molecule is CC(C)(C)OC(=O)NCc1cn(CCO)c([N+](=O)[O-])n1. The highest BCUT2D eigenvalue weighted by Gasteiger charge is 2.21. The molecule has 0 aliphatic heterocycles. The summed E-state index contributed by atoms with van der Waals surface area (Å²) in [5.74, 6) is -0.375. The molecule has 0 saturated carbocycles. The van der Waals surface area contributed by atoms with Crippen molar-refractivity contribution in [3.8, 4) is 0 Å². The Bertz CT molecular complexity index is 491. The van der Waals surface area contributed by atoms with Gasteiger partial charge >= 0.3 is 12.0 Å². The van der Waals surface area contributed by atoms with Crippen molar-refractivity contribution in [3.63, 3.8) is 0 Å². The van der Waals surface area contributed by atoms with Gasteiger partial charge in [-0.1, -0.05) is 4.98 Å². The topological polar surface area (TPSA) is 120 Å². The Morgan fingerprint density at radius 1 is 1.60 bits per heavy atom. The summed E-state index contributed by atoms with van der Waals surface area (Å²) in [4.78, 5) is 25.3. The molecule has 1 aromatic rings. The van der Waals surface area contributed by atoms with Crippen LogP contribution in [0.15, 0.2) is 6.20 Å². The zero-order valence-electron chi connectivity index (χ0n) is 11.6. The molecule has 0 unspecified atom stereocenters. The van der Waals surface area contributed by atoms with E-state index < -0.39 is 16.6 Å². The van der Waals surface area contributed by atoms with Crippen LogP contribution in [0, 0.1) is 10.1 Å². The molecule has 112 valence electrons. The van der Waals surface area contributed by atoms with Gasteiger partial charge < -0.3 is 25.3 Å². The van der Waals surface area contributed by atoms with Gasteiger partial charge in [-0.05, 0) is 25.7 Å². The van der Waals surface area contributed by atoms with Crippen molar-refractivity contribution in [2.75, 3.05) is 6.61 Å². The maximum absolute atomic E-state index is 11.4. The number of nitro groups is 1. The molecular weight excluding hydrogens is 268 g/mol.